The van der Waals surface area contributed by atoms with Gasteiger partial charge in [0.25, 0.3) is 5.91 Å². The summed E-state index contributed by atoms with van der Waals surface area (Å²) in [5, 5.41) is 12.4. The first kappa shape index (κ1) is 14.5. The van der Waals surface area contributed by atoms with Crippen molar-refractivity contribution >= 4 is 17.5 Å². The van der Waals surface area contributed by atoms with E-state index >= 15 is 0 Å². The SMILES string of the molecule is CCC(=O)Nc1cccc(C(=O)N2CCCC(O)C2)c1. The van der Waals surface area contributed by atoms with Crippen LogP contribution in [0.5, 0.6) is 0 Å². The number of piperidine rings is 1. The number of anilines is 1. The molecule has 1 atom stereocenters. The first-order valence-corrected chi connectivity index (χ1v) is 6.97. The van der Waals surface area contributed by atoms with E-state index in [1.807, 2.05) is 0 Å². The number of rotatable bonds is 3. The number of nitrogens with one attached hydrogen (secondary N) is 1. The molecule has 2 rings (SSSR count). The third-order valence-electron chi connectivity index (χ3n) is 3.40. The van der Waals surface area contributed by atoms with Crippen LogP contribution >= 0.6 is 0 Å². The van der Waals surface area contributed by atoms with E-state index < -0.39 is 6.10 Å². The number of carbonyl (C=O) groups excluding carboxylic acids is 2. The summed E-state index contributed by atoms with van der Waals surface area (Å²) < 4.78 is 0. The van der Waals surface area contributed by atoms with Gasteiger partial charge < -0.3 is 15.3 Å². The van der Waals surface area contributed by atoms with Crippen LogP contribution in [0.2, 0.25) is 0 Å². The second-order valence-electron chi connectivity index (χ2n) is 5.03. The Bertz CT molecular complexity index is 502. The summed E-state index contributed by atoms with van der Waals surface area (Å²) in [7, 11) is 0. The lowest BCUT2D eigenvalue weighted by molar-refractivity contribution is -0.115. The molecule has 1 aromatic carbocycles. The molecular formula is C15H20N2O3. The zero-order valence-electron chi connectivity index (χ0n) is 11.6. The van der Waals surface area contributed by atoms with Gasteiger partial charge in [-0.3, -0.25) is 9.59 Å². The van der Waals surface area contributed by atoms with E-state index in [1.165, 1.54) is 0 Å². The number of hydrogen-bond donors (Lipinski definition) is 2. The Kier molecular flexibility index (Phi) is 4.74. The number of amides is 2. The van der Waals surface area contributed by atoms with Crippen molar-refractivity contribution in [1.82, 2.24) is 4.90 Å². The zero-order chi connectivity index (χ0) is 14.5. The fourth-order valence-electron chi connectivity index (χ4n) is 2.30. The molecular weight excluding hydrogens is 256 g/mol. The number of hydrogen-bond acceptors (Lipinski definition) is 3. The first-order valence-electron chi connectivity index (χ1n) is 6.97. The van der Waals surface area contributed by atoms with Crippen molar-refractivity contribution in [3.63, 3.8) is 0 Å². The number of aliphatic hydroxyl groups is 1. The van der Waals surface area contributed by atoms with Crippen LogP contribution in [0, 0.1) is 0 Å². The molecule has 1 fully saturated rings. The maximum absolute atomic E-state index is 12.4. The van der Waals surface area contributed by atoms with Gasteiger partial charge in [0, 0.05) is 30.8 Å². The quantitative estimate of drug-likeness (QED) is 0.881. The molecule has 1 unspecified atom stereocenters. The average Bonchev–Trinajstić information content (AvgIpc) is 2.46. The molecule has 0 aromatic heterocycles. The van der Waals surface area contributed by atoms with Gasteiger partial charge in [0.1, 0.15) is 0 Å². The second-order valence-corrected chi connectivity index (χ2v) is 5.03. The van der Waals surface area contributed by atoms with Crippen molar-refractivity contribution in [3.8, 4) is 0 Å². The maximum Gasteiger partial charge on any atom is 0.254 e. The Morgan fingerprint density at radius 1 is 1.45 bits per heavy atom. The second kappa shape index (κ2) is 6.52. The van der Waals surface area contributed by atoms with Crippen LogP contribution < -0.4 is 5.32 Å². The van der Waals surface area contributed by atoms with E-state index in [2.05, 4.69) is 5.32 Å². The molecule has 0 saturated carbocycles. The molecule has 5 heteroatoms. The molecule has 1 aliphatic heterocycles. The highest BCUT2D eigenvalue weighted by Crippen LogP contribution is 2.16. The van der Waals surface area contributed by atoms with Gasteiger partial charge in [-0.2, -0.15) is 0 Å². The van der Waals surface area contributed by atoms with E-state index in [1.54, 1.807) is 36.1 Å². The summed E-state index contributed by atoms with van der Waals surface area (Å²) in [6.07, 6.45) is 1.53. The van der Waals surface area contributed by atoms with Crippen LogP contribution in [0.3, 0.4) is 0 Å². The van der Waals surface area contributed by atoms with E-state index in [0.717, 1.165) is 12.8 Å². The third kappa shape index (κ3) is 3.57. The first-order chi connectivity index (χ1) is 9.60. The normalized spacial score (nSPS) is 18.7. The minimum Gasteiger partial charge on any atom is -0.391 e. The van der Waals surface area contributed by atoms with Crippen LogP contribution in [0.25, 0.3) is 0 Å². The van der Waals surface area contributed by atoms with Crippen LogP contribution in [0.15, 0.2) is 24.3 Å². The lowest BCUT2D eigenvalue weighted by Crippen LogP contribution is -2.42. The van der Waals surface area contributed by atoms with Crippen LogP contribution in [-0.2, 0) is 4.79 Å². The molecule has 0 radical (unpaired) electrons. The van der Waals surface area contributed by atoms with E-state index in [9.17, 15) is 14.7 Å². The number of carbonyl (C=O) groups is 2. The predicted octanol–water partition coefficient (Wildman–Crippen LogP) is 1.63. The number of likely N-dealkylation sites (tertiary alicyclic amines) is 1. The Labute approximate surface area is 118 Å². The molecule has 2 N–H and O–H groups in total. The molecule has 1 aliphatic rings. The lowest BCUT2D eigenvalue weighted by Gasteiger charge is -2.30. The molecule has 0 spiro atoms. The monoisotopic (exact) mass is 276 g/mol. The number of β-amino-alcohol motifs (C(OH)–C–C–N with tert-alkyl or cyclic N) is 1. The summed E-state index contributed by atoms with van der Waals surface area (Å²) >= 11 is 0. The summed E-state index contributed by atoms with van der Waals surface area (Å²) in [5.41, 5.74) is 1.16. The van der Waals surface area contributed by atoms with Gasteiger partial charge in [0.2, 0.25) is 5.91 Å². The van der Waals surface area contributed by atoms with Crippen molar-refractivity contribution in [2.24, 2.45) is 0 Å². The average molecular weight is 276 g/mol. The molecule has 1 saturated heterocycles. The van der Waals surface area contributed by atoms with Gasteiger partial charge in [0.15, 0.2) is 0 Å². The highest BCUT2D eigenvalue weighted by atomic mass is 16.3. The predicted molar refractivity (Wildman–Crippen MR) is 76.5 cm³/mol. The molecule has 0 bridgehead atoms. The fourth-order valence-corrected chi connectivity index (χ4v) is 2.30. The van der Waals surface area contributed by atoms with E-state index in [0.29, 0.717) is 30.8 Å². The van der Waals surface area contributed by atoms with Gasteiger partial charge in [-0.15, -0.1) is 0 Å². The molecule has 1 heterocycles. The van der Waals surface area contributed by atoms with Gasteiger partial charge in [-0.05, 0) is 31.0 Å². The van der Waals surface area contributed by atoms with E-state index in [4.69, 9.17) is 0 Å². The van der Waals surface area contributed by atoms with Crippen molar-refractivity contribution in [1.29, 1.82) is 0 Å². The number of benzene rings is 1. The third-order valence-corrected chi connectivity index (χ3v) is 3.40. The van der Waals surface area contributed by atoms with Crippen LogP contribution in [-0.4, -0.2) is 41.0 Å². The molecule has 0 aliphatic carbocycles. The van der Waals surface area contributed by atoms with Gasteiger partial charge in [-0.1, -0.05) is 13.0 Å². The van der Waals surface area contributed by atoms with Gasteiger partial charge >= 0.3 is 0 Å². The van der Waals surface area contributed by atoms with Gasteiger partial charge in [0.05, 0.1) is 6.10 Å². The van der Waals surface area contributed by atoms with Crippen LogP contribution in [0.4, 0.5) is 5.69 Å². The minimum atomic E-state index is -0.435. The fraction of sp³-hybridized carbons (Fsp3) is 0.467. The molecule has 20 heavy (non-hydrogen) atoms. The summed E-state index contributed by atoms with van der Waals surface area (Å²) in [6.45, 7) is 2.82. The topological polar surface area (TPSA) is 69.6 Å². The zero-order valence-corrected chi connectivity index (χ0v) is 11.6. The molecule has 108 valence electrons. The Hall–Kier alpha value is -1.88. The summed E-state index contributed by atoms with van der Waals surface area (Å²) in [4.78, 5) is 25.4. The van der Waals surface area contributed by atoms with Gasteiger partial charge in [-0.25, -0.2) is 0 Å². The summed E-state index contributed by atoms with van der Waals surface area (Å²) in [6, 6.07) is 6.91. The Morgan fingerprint density at radius 3 is 2.95 bits per heavy atom. The largest absolute Gasteiger partial charge is 0.391 e. The Balaban J connectivity index is 2.09. The smallest absolute Gasteiger partial charge is 0.254 e. The highest BCUT2D eigenvalue weighted by molar-refractivity contribution is 5.97. The van der Waals surface area contributed by atoms with Crippen molar-refractivity contribution < 1.29 is 14.7 Å². The Morgan fingerprint density at radius 2 is 2.25 bits per heavy atom. The molecule has 2 amide bonds. The van der Waals surface area contributed by atoms with E-state index in [-0.39, 0.29) is 11.8 Å². The number of aliphatic hydroxyl groups excluding tert-OH is 1. The van der Waals surface area contributed by atoms with Crippen molar-refractivity contribution in [2.75, 3.05) is 18.4 Å². The van der Waals surface area contributed by atoms with Crippen molar-refractivity contribution in [2.45, 2.75) is 32.3 Å². The molecule has 1 aromatic rings. The van der Waals surface area contributed by atoms with Crippen molar-refractivity contribution in [3.05, 3.63) is 29.8 Å². The number of nitrogens with zero attached hydrogens (tertiary/aromatic N) is 1. The standard InChI is InChI=1S/C15H20N2O3/c1-2-14(19)16-12-6-3-5-11(9-12)15(20)17-8-4-7-13(18)10-17/h3,5-6,9,13,18H,2,4,7-8,10H2,1H3,(H,16,19). The minimum absolute atomic E-state index is 0.0806. The van der Waals surface area contributed by atoms with Crippen LogP contribution in [0.1, 0.15) is 36.5 Å². The molecule has 5 nitrogen and oxygen atoms in total. The maximum atomic E-state index is 12.4. The lowest BCUT2D eigenvalue weighted by atomic mass is 10.1. The summed E-state index contributed by atoms with van der Waals surface area (Å²) in [5.74, 6) is -0.181. The highest BCUT2D eigenvalue weighted by Gasteiger charge is 2.23.